The third-order valence-electron chi connectivity index (χ3n) is 5.17. The number of halogens is 1. The fraction of sp³-hybridized carbons (Fsp3) is 0.440. The molecule has 2 amide bonds. The van der Waals surface area contributed by atoms with Gasteiger partial charge < -0.3 is 19.7 Å². The molecule has 3 rings (SSSR count). The lowest BCUT2D eigenvalue weighted by Crippen LogP contribution is -2.52. The minimum Gasteiger partial charge on any atom is -0.486 e. The lowest BCUT2D eigenvalue weighted by atomic mass is 10.1. The highest BCUT2D eigenvalue weighted by molar-refractivity contribution is 6.30. The average Bonchev–Trinajstić information content (AvgIpc) is 2.75. The summed E-state index contributed by atoms with van der Waals surface area (Å²) in [5.41, 5.74) is 1.52. The number of nitrogens with one attached hydrogen (secondary N) is 1. The van der Waals surface area contributed by atoms with Crippen molar-refractivity contribution in [3.8, 4) is 11.5 Å². The smallest absolute Gasteiger partial charge is 0.242 e. The minimum atomic E-state index is -0.613. The molecule has 172 valence electrons. The Morgan fingerprint density at radius 1 is 1.03 bits per heavy atom. The molecule has 2 aromatic carbocycles. The molecule has 0 fully saturated rings. The van der Waals surface area contributed by atoms with Crippen molar-refractivity contribution in [2.45, 2.75) is 58.7 Å². The molecule has 32 heavy (non-hydrogen) atoms. The number of fused-ring (bicyclic) bond motifs is 1. The van der Waals surface area contributed by atoms with E-state index in [1.54, 1.807) is 24.0 Å². The van der Waals surface area contributed by atoms with Crippen molar-refractivity contribution in [3.63, 3.8) is 0 Å². The van der Waals surface area contributed by atoms with Crippen molar-refractivity contribution in [2.24, 2.45) is 0 Å². The lowest BCUT2D eigenvalue weighted by molar-refractivity contribution is -0.141. The van der Waals surface area contributed by atoms with E-state index in [1.807, 2.05) is 51.1 Å². The van der Waals surface area contributed by atoms with Crippen LogP contribution in [-0.4, -0.2) is 41.5 Å². The molecule has 0 spiro atoms. The Bertz CT molecular complexity index is 953. The zero-order valence-electron chi connectivity index (χ0n) is 19.1. The van der Waals surface area contributed by atoms with Crippen molar-refractivity contribution >= 4 is 23.4 Å². The van der Waals surface area contributed by atoms with Gasteiger partial charge in [0.15, 0.2) is 11.5 Å². The molecule has 1 N–H and O–H groups in total. The second-order valence-electron chi connectivity index (χ2n) is 9.04. The summed E-state index contributed by atoms with van der Waals surface area (Å²) < 4.78 is 11.2. The van der Waals surface area contributed by atoms with E-state index in [0.717, 1.165) is 16.9 Å². The minimum absolute atomic E-state index is 0.0913. The standard InChI is InChI=1S/C25H31ClN2O4/c1-17(24(30)27-25(2,3)4)28(16-19-5-9-20(26)10-6-19)23(29)12-8-18-7-11-21-22(15-18)32-14-13-31-21/h5-7,9-11,15,17H,8,12-14,16H2,1-4H3,(H,27,30)/t17-/m1/s1. The van der Waals surface area contributed by atoms with Crippen LogP contribution in [0.1, 0.15) is 45.2 Å². The first-order valence-corrected chi connectivity index (χ1v) is 11.2. The molecule has 0 unspecified atom stereocenters. The Kier molecular flexibility index (Phi) is 7.67. The monoisotopic (exact) mass is 458 g/mol. The quantitative estimate of drug-likeness (QED) is 0.668. The average molecular weight is 459 g/mol. The van der Waals surface area contributed by atoms with Crippen molar-refractivity contribution < 1.29 is 19.1 Å². The summed E-state index contributed by atoms with van der Waals surface area (Å²) in [4.78, 5) is 27.7. The fourth-order valence-corrected chi connectivity index (χ4v) is 3.61. The molecule has 1 aliphatic rings. The third-order valence-corrected chi connectivity index (χ3v) is 5.42. The topological polar surface area (TPSA) is 67.9 Å². The van der Waals surface area contributed by atoms with Gasteiger partial charge in [0.25, 0.3) is 0 Å². The number of aryl methyl sites for hydroxylation is 1. The Morgan fingerprint density at radius 3 is 2.31 bits per heavy atom. The van der Waals surface area contributed by atoms with E-state index in [2.05, 4.69) is 5.32 Å². The normalized spacial score (nSPS) is 13.9. The van der Waals surface area contributed by atoms with Gasteiger partial charge in [0.1, 0.15) is 19.3 Å². The van der Waals surface area contributed by atoms with Gasteiger partial charge in [-0.2, -0.15) is 0 Å². The van der Waals surface area contributed by atoms with Crippen LogP contribution in [0.25, 0.3) is 0 Å². The molecular weight excluding hydrogens is 428 g/mol. The van der Waals surface area contributed by atoms with Gasteiger partial charge in [-0.1, -0.05) is 29.8 Å². The van der Waals surface area contributed by atoms with E-state index in [0.29, 0.717) is 37.0 Å². The molecule has 0 aliphatic carbocycles. The van der Waals surface area contributed by atoms with Crippen molar-refractivity contribution in [1.29, 1.82) is 0 Å². The van der Waals surface area contributed by atoms with E-state index in [4.69, 9.17) is 21.1 Å². The van der Waals surface area contributed by atoms with Crippen LogP contribution in [0, 0.1) is 0 Å². The number of hydrogen-bond donors (Lipinski definition) is 1. The van der Waals surface area contributed by atoms with Crippen LogP contribution in [0.2, 0.25) is 5.02 Å². The van der Waals surface area contributed by atoms with Crippen molar-refractivity contribution in [1.82, 2.24) is 10.2 Å². The van der Waals surface area contributed by atoms with E-state index >= 15 is 0 Å². The molecule has 7 heteroatoms. The molecule has 0 bridgehead atoms. The predicted molar refractivity (Wildman–Crippen MR) is 125 cm³/mol. The first-order valence-electron chi connectivity index (χ1n) is 10.9. The van der Waals surface area contributed by atoms with E-state index in [9.17, 15) is 9.59 Å². The first kappa shape index (κ1) is 23.9. The zero-order valence-corrected chi connectivity index (χ0v) is 19.9. The molecule has 1 heterocycles. The zero-order chi connectivity index (χ0) is 23.3. The van der Waals surface area contributed by atoms with Crippen LogP contribution in [0.4, 0.5) is 0 Å². The van der Waals surface area contributed by atoms with Gasteiger partial charge in [-0.05, 0) is 69.5 Å². The molecule has 0 saturated heterocycles. The van der Waals surface area contributed by atoms with Gasteiger partial charge in [0.2, 0.25) is 11.8 Å². The lowest BCUT2D eigenvalue weighted by Gasteiger charge is -2.31. The molecule has 1 atom stereocenters. The molecule has 1 aliphatic heterocycles. The maximum Gasteiger partial charge on any atom is 0.242 e. The number of rotatable bonds is 7. The summed E-state index contributed by atoms with van der Waals surface area (Å²) in [5, 5.41) is 3.60. The van der Waals surface area contributed by atoms with Gasteiger partial charge in [-0.25, -0.2) is 0 Å². The first-order chi connectivity index (χ1) is 15.1. The summed E-state index contributed by atoms with van der Waals surface area (Å²) in [5.74, 6) is 1.16. The van der Waals surface area contributed by atoms with Gasteiger partial charge >= 0.3 is 0 Å². The van der Waals surface area contributed by atoms with Crippen LogP contribution in [0.15, 0.2) is 42.5 Å². The molecule has 0 saturated carbocycles. The van der Waals surface area contributed by atoms with E-state index in [-0.39, 0.29) is 23.8 Å². The fourth-order valence-electron chi connectivity index (χ4n) is 3.48. The molecular formula is C25H31ClN2O4. The Labute approximate surface area is 194 Å². The predicted octanol–water partition coefficient (Wildman–Crippen LogP) is 4.38. The van der Waals surface area contributed by atoms with Crippen LogP contribution >= 0.6 is 11.6 Å². The highest BCUT2D eigenvalue weighted by atomic mass is 35.5. The largest absolute Gasteiger partial charge is 0.486 e. The summed E-state index contributed by atoms with van der Waals surface area (Å²) in [6.07, 6.45) is 0.820. The maximum atomic E-state index is 13.3. The number of benzene rings is 2. The summed E-state index contributed by atoms with van der Waals surface area (Å²) in [6, 6.07) is 12.4. The van der Waals surface area contributed by atoms with Crippen LogP contribution in [0.5, 0.6) is 11.5 Å². The number of carbonyl (C=O) groups excluding carboxylic acids is 2. The SMILES string of the molecule is C[C@H](C(=O)NC(C)(C)C)N(Cc1ccc(Cl)cc1)C(=O)CCc1ccc2c(c1)OCCO2. The molecule has 0 radical (unpaired) electrons. The molecule has 2 aromatic rings. The number of carbonyl (C=O) groups is 2. The van der Waals surface area contributed by atoms with Crippen molar-refractivity contribution in [3.05, 3.63) is 58.6 Å². The summed E-state index contributed by atoms with van der Waals surface area (Å²) in [7, 11) is 0. The Hall–Kier alpha value is -2.73. The van der Waals surface area contributed by atoms with Gasteiger partial charge in [0, 0.05) is 23.5 Å². The number of hydrogen-bond acceptors (Lipinski definition) is 4. The van der Waals surface area contributed by atoms with E-state index < -0.39 is 6.04 Å². The number of ether oxygens (including phenoxy) is 2. The highest BCUT2D eigenvalue weighted by Gasteiger charge is 2.28. The third kappa shape index (κ3) is 6.63. The second kappa shape index (κ2) is 10.3. The Balaban J connectivity index is 1.73. The maximum absolute atomic E-state index is 13.3. The van der Waals surface area contributed by atoms with Gasteiger partial charge in [-0.15, -0.1) is 0 Å². The van der Waals surface area contributed by atoms with Crippen LogP contribution in [-0.2, 0) is 22.6 Å². The van der Waals surface area contributed by atoms with Crippen LogP contribution < -0.4 is 14.8 Å². The summed E-state index contributed by atoms with van der Waals surface area (Å²) in [6.45, 7) is 8.92. The molecule has 0 aromatic heterocycles. The molecule has 6 nitrogen and oxygen atoms in total. The Morgan fingerprint density at radius 2 is 1.66 bits per heavy atom. The van der Waals surface area contributed by atoms with Gasteiger partial charge in [-0.3, -0.25) is 9.59 Å². The van der Waals surface area contributed by atoms with E-state index in [1.165, 1.54) is 0 Å². The highest BCUT2D eigenvalue weighted by Crippen LogP contribution is 2.31. The van der Waals surface area contributed by atoms with Crippen molar-refractivity contribution in [2.75, 3.05) is 13.2 Å². The number of amides is 2. The van der Waals surface area contributed by atoms with Crippen LogP contribution in [0.3, 0.4) is 0 Å². The number of nitrogens with zero attached hydrogens (tertiary/aromatic N) is 1. The second-order valence-corrected chi connectivity index (χ2v) is 9.48. The summed E-state index contributed by atoms with van der Waals surface area (Å²) >= 11 is 6.00. The van der Waals surface area contributed by atoms with Gasteiger partial charge in [0.05, 0.1) is 0 Å².